The summed E-state index contributed by atoms with van der Waals surface area (Å²) in [5, 5.41) is 12.3. The number of carbonyl (C=O) groups excluding carboxylic acids is 1. The van der Waals surface area contributed by atoms with Gasteiger partial charge in [-0.05, 0) is 11.6 Å². The lowest BCUT2D eigenvalue weighted by atomic mass is 10.1. The van der Waals surface area contributed by atoms with E-state index >= 15 is 0 Å². The summed E-state index contributed by atoms with van der Waals surface area (Å²) in [6, 6.07) is 9.60. The molecule has 1 aromatic heterocycles. The van der Waals surface area contributed by atoms with Crippen LogP contribution in [-0.2, 0) is 22.5 Å². The molecule has 6 nitrogen and oxygen atoms in total. The molecule has 0 spiro atoms. The number of hydrogen-bond acceptors (Lipinski definition) is 5. The molecule has 23 heavy (non-hydrogen) atoms. The predicted octanol–water partition coefficient (Wildman–Crippen LogP) is 2.54. The highest BCUT2D eigenvalue weighted by Gasteiger charge is 2.21. The molecule has 6 heteroatoms. The molecule has 0 aliphatic rings. The van der Waals surface area contributed by atoms with Crippen molar-refractivity contribution in [1.82, 2.24) is 5.32 Å². The summed E-state index contributed by atoms with van der Waals surface area (Å²) in [6.07, 6.45) is 0.547. The molecule has 122 valence electrons. The number of aryl methyl sites for hydroxylation is 1. The maximum Gasteiger partial charge on any atom is 0.341 e. The van der Waals surface area contributed by atoms with E-state index in [4.69, 9.17) is 9.15 Å². The number of carboxylic acid groups (broad SMARTS) is 1. The Balaban J connectivity index is 2.14. The molecule has 1 aromatic carbocycles. The van der Waals surface area contributed by atoms with Gasteiger partial charge < -0.3 is 14.3 Å². The first-order chi connectivity index (χ1) is 11.1. The fraction of sp³-hybridized carbons (Fsp3) is 0.294. The molecule has 0 aliphatic carbocycles. The van der Waals surface area contributed by atoms with Crippen molar-refractivity contribution < 1.29 is 23.8 Å². The van der Waals surface area contributed by atoms with E-state index in [0.717, 1.165) is 0 Å². The second kappa shape index (κ2) is 7.60. The lowest BCUT2D eigenvalue weighted by molar-refractivity contribution is -0.139. The normalized spacial score (nSPS) is 11.9. The summed E-state index contributed by atoms with van der Waals surface area (Å²) in [6.45, 7) is 2.06. The van der Waals surface area contributed by atoms with Gasteiger partial charge in [0.25, 0.3) is 0 Å². The third kappa shape index (κ3) is 3.98. The van der Waals surface area contributed by atoms with Crippen molar-refractivity contribution in [2.24, 2.45) is 0 Å². The Morgan fingerprint density at radius 3 is 2.57 bits per heavy atom. The van der Waals surface area contributed by atoms with Gasteiger partial charge in [-0.2, -0.15) is 0 Å². The number of carbonyl (C=O) groups is 2. The number of rotatable bonds is 7. The van der Waals surface area contributed by atoms with Crippen molar-refractivity contribution in [2.75, 3.05) is 7.11 Å². The first-order valence-electron chi connectivity index (χ1n) is 7.27. The molecular formula is C17H19NO5. The van der Waals surface area contributed by atoms with Crippen LogP contribution in [0.3, 0.4) is 0 Å². The van der Waals surface area contributed by atoms with Crippen molar-refractivity contribution in [1.29, 1.82) is 0 Å². The summed E-state index contributed by atoms with van der Waals surface area (Å²) >= 11 is 0. The quantitative estimate of drug-likeness (QED) is 0.763. The molecule has 1 heterocycles. The van der Waals surface area contributed by atoms with E-state index in [1.54, 1.807) is 30.3 Å². The van der Waals surface area contributed by atoms with Crippen LogP contribution in [0, 0.1) is 0 Å². The summed E-state index contributed by atoms with van der Waals surface area (Å²) in [5.74, 6) is -0.425. The molecule has 0 saturated heterocycles. The highest BCUT2D eigenvalue weighted by molar-refractivity contribution is 5.90. The topological polar surface area (TPSA) is 88.8 Å². The molecule has 0 unspecified atom stereocenters. The zero-order valence-electron chi connectivity index (χ0n) is 13.0. The van der Waals surface area contributed by atoms with E-state index in [1.165, 1.54) is 7.11 Å². The maximum atomic E-state index is 11.7. The number of benzene rings is 1. The second-order valence-corrected chi connectivity index (χ2v) is 4.96. The van der Waals surface area contributed by atoms with Gasteiger partial charge in [-0.1, -0.05) is 37.3 Å². The van der Waals surface area contributed by atoms with E-state index in [9.17, 15) is 14.7 Å². The maximum absolute atomic E-state index is 11.7. The van der Waals surface area contributed by atoms with Crippen LogP contribution in [0.1, 0.15) is 40.4 Å². The lowest BCUT2D eigenvalue weighted by Crippen LogP contribution is -2.27. The van der Waals surface area contributed by atoms with Crippen LogP contribution in [-0.4, -0.2) is 24.2 Å². The Morgan fingerprint density at radius 1 is 1.30 bits per heavy atom. The molecule has 0 amide bonds. The van der Waals surface area contributed by atoms with Gasteiger partial charge in [0.1, 0.15) is 23.1 Å². The molecule has 0 radical (unpaired) electrons. The van der Waals surface area contributed by atoms with Gasteiger partial charge in [0.05, 0.1) is 13.7 Å². The highest BCUT2D eigenvalue weighted by atomic mass is 16.5. The van der Waals surface area contributed by atoms with Crippen LogP contribution >= 0.6 is 0 Å². The Kier molecular flexibility index (Phi) is 5.54. The van der Waals surface area contributed by atoms with E-state index < -0.39 is 18.0 Å². The minimum absolute atomic E-state index is 0.190. The highest BCUT2D eigenvalue weighted by Crippen LogP contribution is 2.19. The zero-order chi connectivity index (χ0) is 16.8. The average molecular weight is 317 g/mol. The van der Waals surface area contributed by atoms with Crippen molar-refractivity contribution in [2.45, 2.75) is 25.9 Å². The molecule has 0 saturated carbocycles. The third-order valence-corrected chi connectivity index (χ3v) is 3.45. The number of furan rings is 1. The van der Waals surface area contributed by atoms with Gasteiger partial charge in [-0.3, -0.25) is 10.1 Å². The van der Waals surface area contributed by atoms with Crippen LogP contribution < -0.4 is 5.32 Å². The minimum Gasteiger partial charge on any atom is -0.480 e. The molecule has 2 aromatic rings. The van der Waals surface area contributed by atoms with Crippen LogP contribution in [0.2, 0.25) is 0 Å². The third-order valence-electron chi connectivity index (χ3n) is 3.45. The molecule has 0 bridgehead atoms. The summed E-state index contributed by atoms with van der Waals surface area (Å²) < 4.78 is 10.3. The van der Waals surface area contributed by atoms with Gasteiger partial charge >= 0.3 is 11.9 Å². The molecule has 2 N–H and O–H groups in total. The second-order valence-electron chi connectivity index (χ2n) is 4.96. The fourth-order valence-corrected chi connectivity index (χ4v) is 2.31. The molecular weight excluding hydrogens is 298 g/mol. The number of ether oxygens (including phenoxy) is 1. The van der Waals surface area contributed by atoms with Crippen molar-refractivity contribution in [3.8, 4) is 0 Å². The number of methoxy groups -OCH3 is 1. The lowest BCUT2D eigenvalue weighted by Gasteiger charge is -2.13. The summed E-state index contributed by atoms with van der Waals surface area (Å²) in [7, 11) is 1.31. The van der Waals surface area contributed by atoms with E-state index in [0.29, 0.717) is 29.1 Å². The number of carboxylic acids is 1. The number of esters is 1. The van der Waals surface area contributed by atoms with E-state index in [2.05, 4.69) is 5.32 Å². The molecule has 1 atom stereocenters. The molecule has 0 aliphatic heterocycles. The Morgan fingerprint density at radius 2 is 2.00 bits per heavy atom. The van der Waals surface area contributed by atoms with Crippen molar-refractivity contribution in [3.63, 3.8) is 0 Å². The summed E-state index contributed by atoms with van der Waals surface area (Å²) in [4.78, 5) is 23.1. The molecule has 2 rings (SSSR count). The first-order valence-corrected chi connectivity index (χ1v) is 7.27. The average Bonchev–Trinajstić information content (AvgIpc) is 2.98. The van der Waals surface area contributed by atoms with E-state index in [-0.39, 0.29) is 6.54 Å². The zero-order valence-corrected chi connectivity index (χ0v) is 13.0. The van der Waals surface area contributed by atoms with E-state index in [1.807, 2.05) is 13.0 Å². The van der Waals surface area contributed by atoms with Crippen LogP contribution in [0.4, 0.5) is 0 Å². The monoisotopic (exact) mass is 317 g/mol. The number of nitrogens with one attached hydrogen (secondary N) is 1. The van der Waals surface area contributed by atoms with Gasteiger partial charge in [-0.15, -0.1) is 0 Å². The minimum atomic E-state index is -0.980. The largest absolute Gasteiger partial charge is 0.480 e. The number of hydrogen-bond donors (Lipinski definition) is 2. The number of aliphatic carboxylic acids is 1. The predicted molar refractivity (Wildman–Crippen MR) is 83.1 cm³/mol. The Bertz CT molecular complexity index is 678. The van der Waals surface area contributed by atoms with Crippen molar-refractivity contribution >= 4 is 11.9 Å². The van der Waals surface area contributed by atoms with Gasteiger partial charge in [-0.25, -0.2) is 4.79 Å². The van der Waals surface area contributed by atoms with Crippen LogP contribution in [0.15, 0.2) is 40.8 Å². The Hall–Kier alpha value is -2.60. The smallest absolute Gasteiger partial charge is 0.341 e. The van der Waals surface area contributed by atoms with Gasteiger partial charge in [0.2, 0.25) is 0 Å². The SMILES string of the molecule is CCc1oc(CN[C@@H](C(=O)O)c2ccccc2)cc1C(=O)OC. The van der Waals surface area contributed by atoms with Crippen LogP contribution in [0.25, 0.3) is 0 Å². The van der Waals surface area contributed by atoms with Crippen molar-refractivity contribution in [3.05, 3.63) is 59.0 Å². The summed E-state index contributed by atoms with van der Waals surface area (Å²) in [5.41, 5.74) is 1.02. The first kappa shape index (κ1) is 16.8. The van der Waals surface area contributed by atoms with Gasteiger partial charge in [0, 0.05) is 6.42 Å². The standard InChI is InChI=1S/C17H19NO5/c1-3-14-13(17(21)22-2)9-12(23-14)10-18-15(16(19)20)11-7-5-4-6-8-11/h4-9,15,18H,3,10H2,1-2H3,(H,19,20)/t15-/m1/s1. The fourth-order valence-electron chi connectivity index (χ4n) is 2.31. The molecule has 0 fully saturated rings. The van der Waals surface area contributed by atoms with Gasteiger partial charge in [0.15, 0.2) is 0 Å². The Labute approximate surface area is 134 Å². The van der Waals surface area contributed by atoms with Crippen LogP contribution in [0.5, 0.6) is 0 Å².